The molecule has 98 valence electrons. The number of aromatic nitrogens is 1. The smallest absolute Gasteiger partial charge is 0.167 e. The summed E-state index contributed by atoms with van der Waals surface area (Å²) in [6, 6.07) is 1.79. The molecule has 0 bridgehead atoms. The third-order valence-electron chi connectivity index (χ3n) is 3.94. The molecule has 1 aromatic rings. The molecule has 1 aromatic heterocycles. The molecule has 1 heterocycles. The van der Waals surface area contributed by atoms with E-state index in [9.17, 15) is 4.79 Å². The number of Topliss-reactive ketones (excluding diaryl/α,β-unsaturated/α-hetero) is 1. The topological polar surface area (TPSA) is 39.2 Å². The van der Waals surface area contributed by atoms with Crippen molar-refractivity contribution in [3.05, 3.63) is 24.0 Å². The minimum absolute atomic E-state index is 0.159. The number of ether oxygens (including phenoxy) is 1. The van der Waals surface area contributed by atoms with Crippen molar-refractivity contribution >= 4 is 5.78 Å². The van der Waals surface area contributed by atoms with E-state index in [0.29, 0.717) is 16.7 Å². The maximum absolute atomic E-state index is 12.4. The Morgan fingerprint density at radius 3 is 2.61 bits per heavy atom. The maximum atomic E-state index is 12.4. The number of hydrogen-bond acceptors (Lipinski definition) is 3. The lowest BCUT2D eigenvalue weighted by Gasteiger charge is -2.33. The van der Waals surface area contributed by atoms with Gasteiger partial charge in [-0.2, -0.15) is 0 Å². The molecule has 18 heavy (non-hydrogen) atoms. The highest BCUT2D eigenvalue weighted by atomic mass is 16.5. The first-order valence-corrected chi connectivity index (χ1v) is 6.55. The highest BCUT2D eigenvalue weighted by molar-refractivity contribution is 5.97. The molecule has 0 spiro atoms. The summed E-state index contributed by atoms with van der Waals surface area (Å²) in [5.41, 5.74) is 1.07. The summed E-state index contributed by atoms with van der Waals surface area (Å²) in [6.45, 7) is 4.56. The maximum Gasteiger partial charge on any atom is 0.167 e. The second-order valence-electron chi connectivity index (χ2n) is 5.92. The van der Waals surface area contributed by atoms with Crippen LogP contribution in [0.2, 0.25) is 0 Å². The standard InChI is InChI=1S/C15H21NO2/c1-15(2)6-4-11(5-7-15)14(17)12-8-13(18-3)10-16-9-12/h8-11H,4-7H2,1-3H3. The molecule has 1 fully saturated rings. The van der Waals surface area contributed by atoms with Gasteiger partial charge in [-0.15, -0.1) is 0 Å². The average molecular weight is 247 g/mol. The lowest BCUT2D eigenvalue weighted by atomic mass is 9.71. The Morgan fingerprint density at radius 1 is 1.33 bits per heavy atom. The van der Waals surface area contributed by atoms with E-state index in [4.69, 9.17) is 4.74 Å². The van der Waals surface area contributed by atoms with Crippen LogP contribution < -0.4 is 4.74 Å². The van der Waals surface area contributed by atoms with Gasteiger partial charge in [0.15, 0.2) is 5.78 Å². The first-order valence-electron chi connectivity index (χ1n) is 6.55. The van der Waals surface area contributed by atoms with Crippen molar-refractivity contribution in [2.45, 2.75) is 39.5 Å². The molecular weight excluding hydrogens is 226 g/mol. The molecule has 0 saturated heterocycles. The van der Waals surface area contributed by atoms with E-state index in [0.717, 1.165) is 25.7 Å². The number of pyridine rings is 1. The molecule has 2 rings (SSSR count). The van der Waals surface area contributed by atoms with Gasteiger partial charge in [0, 0.05) is 17.7 Å². The lowest BCUT2D eigenvalue weighted by molar-refractivity contribution is 0.0837. The average Bonchev–Trinajstić information content (AvgIpc) is 2.38. The monoisotopic (exact) mass is 247 g/mol. The van der Waals surface area contributed by atoms with E-state index in [2.05, 4.69) is 18.8 Å². The third-order valence-corrected chi connectivity index (χ3v) is 3.94. The van der Waals surface area contributed by atoms with Crippen molar-refractivity contribution in [1.29, 1.82) is 0 Å². The van der Waals surface area contributed by atoms with Gasteiger partial charge in [0.05, 0.1) is 13.3 Å². The SMILES string of the molecule is COc1cncc(C(=O)C2CCC(C)(C)CC2)c1. The van der Waals surface area contributed by atoms with Crippen LogP contribution >= 0.6 is 0 Å². The number of ketones is 1. The second-order valence-corrected chi connectivity index (χ2v) is 5.92. The fourth-order valence-electron chi connectivity index (χ4n) is 2.56. The highest BCUT2D eigenvalue weighted by Gasteiger charge is 2.31. The van der Waals surface area contributed by atoms with Crippen LogP contribution in [0.15, 0.2) is 18.5 Å². The van der Waals surface area contributed by atoms with Crippen LogP contribution in [-0.4, -0.2) is 17.9 Å². The molecule has 1 aliphatic rings. The van der Waals surface area contributed by atoms with E-state index in [1.165, 1.54) is 0 Å². The number of methoxy groups -OCH3 is 1. The Kier molecular flexibility index (Phi) is 3.69. The second kappa shape index (κ2) is 5.09. The molecule has 0 unspecified atom stereocenters. The fourth-order valence-corrected chi connectivity index (χ4v) is 2.56. The van der Waals surface area contributed by atoms with Crippen LogP contribution in [0.25, 0.3) is 0 Å². The molecule has 1 saturated carbocycles. The van der Waals surface area contributed by atoms with Gasteiger partial charge in [0.25, 0.3) is 0 Å². The lowest BCUT2D eigenvalue weighted by Crippen LogP contribution is -2.26. The Morgan fingerprint density at radius 2 is 2.00 bits per heavy atom. The molecule has 0 N–H and O–H groups in total. The first kappa shape index (κ1) is 13.1. The van der Waals surface area contributed by atoms with E-state index in [1.807, 2.05) is 0 Å². The van der Waals surface area contributed by atoms with Crippen molar-refractivity contribution in [1.82, 2.24) is 4.98 Å². The number of nitrogens with zero attached hydrogens (tertiary/aromatic N) is 1. The van der Waals surface area contributed by atoms with Crippen molar-refractivity contribution in [2.75, 3.05) is 7.11 Å². The molecule has 0 radical (unpaired) electrons. The Balaban J connectivity index is 2.07. The van der Waals surface area contributed by atoms with Crippen molar-refractivity contribution in [3.8, 4) is 5.75 Å². The van der Waals surface area contributed by atoms with E-state index < -0.39 is 0 Å². The molecule has 0 aliphatic heterocycles. The Labute approximate surface area is 109 Å². The minimum atomic E-state index is 0.159. The van der Waals surface area contributed by atoms with Crippen molar-refractivity contribution < 1.29 is 9.53 Å². The summed E-state index contributed by atoms with van der Waals surface area (Å²) in [6.07, 6.45) is 7.50. The summed E-state index contributed by atoms with van der Waals surface area (Å²) in [5, 5.41) is 0. The van der Waals surface area contributed by atoms with E-state index in [1.54, 1.807) is 25.6 Å². The van der Waals surface area contributed by atoms with Gasteiger partial charge in [-0.25, -0.2) is 0 Å². The van der Waals surface area contributed by atoms with E-state index >= 15 is 0 Å². The minimum Gasteiger partial charge on any atom is -0.495 e. The zero-order chi connectivity index (χ0) is 13.2. The molecule has 1 aliphatic carbocycles. The van der Waals surface area contributed by atoms with Crippen LogP contribution in [0.3, 0.4) is 0 Å². The first-order chi connectivity index (χ1) is 8.52. The van der Waals surface area contributed by atoms with Crippen molar-refractivity contribution in [2.24, 2.45) is 11.3 Å². The van der Waals surface area contributed by atoms with Crippen LogP contribution in [0.5, 0.6) is 5.75 Å². The van der Waals surface area contributed by atoms with Crippen LogP contribution in [0.1, 0.15) is 49.9 Å². The van der Waals surface area contributed by atoms with E-state index in [-0.39, 0.29) is 11.7 Å². The summed E-state index contributed by atoms with van der Waals surface area (Å²) in [4.78, 5) is 16.4. The summed E-state index contributed by atoms with van der Waals surface area (Å²) >= 11 is 0. The zero-order valence-electron chi connectivity index (χ0n) is 11.4. The van der Waals surface area contributed by atoms with Gasteiger partial charge in [0.1, 0.15) is 5.75 Å². The summed E-state index contributed by atoms with van der Waals surface area (Å²) in [7, 11) is 1.59. The Hall–Kier alpha value is -1.38. The quantitative estimate of drug-likeness (QED) is 0.767. The summed E-state index contributed by atoms with van der Waals surface area (Å²) < 4.78 is 5.11. The molecule has 0 aromatic carbocycles. The van der Waals surface area contributed by atoms with Crippen molar-refractivity contribution in [3.63, 3.8) is 0 Å². The zero-order valence-corrected chi connectivity index (χ0v) is 11.4. The largest absolute Gasteiger partial charge is 0.495 e. The molecule has 3 heteroatoms. The highest BCUT2D eigenvalue weighted by Crippen LogP contribution is 2.39. The summed E-state index contributed by atoms with van der Waals surface area (Å²) in [5.74, 6) is 1.03. The number of carbonyl (C=O) groups excluding carboxylic acids is 1. The molecular formula is C15H21NO2. The van der Waals surface area contributed by atoms with Gasteiger partial charge in [-0.05, 0) is 37.2 Å². The predicted octanol–water partition coefficient (Wildman–Crippen LogP) is 3.49. The fraction of sp³-hybridized carbons (Fsp3) is 0.600. The number of carbonyl (C=O) groups is 1. The van der Waals surface area contributed by atoms with Gasteiger partial charge in [-0.1, -0.05) is 13.8 Å². The molecule has 0 atom stereocenters. The predicted molar refractivity (Wildman–Crippen MR) is 70.9 cm³/mol. The van der Waals surface area contributed by atoms with Gasteiger partial charge < -0.3 is 4.74 Å². The van der Waals surface area contributed by atoms with Gasteiger partial charge >= 0.3 is 0 Å². The van der Waals surface area contributed by atoms with Gasteiger partial charge in [-0.3, -0.25) is 9.78 Å². The molecule has 3 nitrogen and oxygen atoms in total. The number of rotatable bonds is 3. The van der Waals surface area contributed by atoms with Crippen LogP contribution in [-0.2, 0) is 0 Å². The van der Waals surface area contributed by atoms with Crippen LogP contribution in [0, 0.1) is 11.3 Å². The molecule has 0 amide bonds. The normalized spacial score (nSPS) is 19.5. The van der Waals surface area contributed by atoms with Gasteiger partial charge in [0.2, 0.25) is 0 Å². The Bertz CT molecular complexity index is 430. The number of hydrogen-bond donors (Lipinski definition) is 0. The van der Waals surface area contributed by atoms with Crippen LogP contribution in [0.4, 0.5) is 0 Å². The third kappa shape index (κ3) is 2.89.